The van der Waals surface area contributed by atoms with Crippen molar-refractivity contribution in [2.24, 2.45) is 0 Å². The molecular weight excluding hydrogens is 459 g/mol. The van der Waals surface area contributed by atoms with E-state index in [0.717, 1.165) is 5.56 Å². The first kappa shape index (κ1) is 23.4. The van der Waals surface area contributed by atoms with Gasteiger partial charge in [-0.25, -0.2) is 4.79 Å². The maximum atomic E-state index is 13.1. The van der Waals surface area contributed by atoms with Crippen LogP contribution >= 0.6 is 23.2 Å². The van der Waals surface area contributed by atoms with Crippen molar-refractivity contribution in [2.75, 3.05) is 7.11 Å². The number of benzene rings is 3. The van der Waals surface area contributed by atoms with Crippen LogP contribution < -0.4 is 4.74 Å². The largest absolute Gasteiger partial charge is 0.496 e. The quantitative estimate of drug-likeness (QED) is 0.406. The Morgan fingerprint density at radius 3 is 2.33 bits per heavy atom. The number of carbonyl (C=O) groups is 1. The van der Waals surface area contributed by atoms with E-state index in [0.29, 0.717) is 38.4 Å². The minimum absolute atomic E-state index is 0.259. The van der Waals surface area contributed by atoms with Gasteiger partial charge in [-0.15, -0.1) is 0 Å². The van der Waals surface area contributed by atoms with E-state index in [9.17, 15) is 9.90 Å². The zero-order chi connectivity index (χ0) is 23.8. The molecule has 6 heteroatoms. The maximum absolute atomic E-state index is 13.1. The predicted octanol–water partition coefficient (Wildman–Crippen LogP) is 6.52. The number of hydrogen-bond donors (Lipinski definition) is 1. The summed E-state index contributed by atoms with van der Waals surface area (Å²) in [4.78, 5) is 13.1. The third-order valence-electron chi connectivity index (χ3n) is 5.86. The van der Waals surface area contributed by atoms with Crippen LogP contribution in [0.1, 0.15) is 42.0 Å². The lowest BCUT2D eigenvalue weighted by molar-refractivity contribution is -0.185. The molecule has 0 amide bonds. The van der Waals surface area contributed by atoms with E-state index in [1.165, 1.54) is 12.7 Å². The zero-order valence-corrected chi connectivity index (χ0v) is 20.1. The van der Waals surface area contributed by atoms with Crippen LogP contribution in [0.25, 0.3) is 5.57 Å². The number of hydrogen-bond acceptors (Lipinski definition) is 4. The molecule has 4 rings (SSSR count). The summed E-state index contributed by atoms with van der Waals surface area (Å²) in [5.41, 5.74) is 3.68. The first-order chi connectivity index (χ1) is 15.7. The first-order valence-corrected chi connectivity index (χ1v) is 11.4. The average molecular weight is 483 g/mol. The lowest BCUT2D eigenvalue weighted by atomic mass is 9.87. The number of carbonyl (C=O) groups excluding carboxylic acids is 1. The molecule has 0 radical (unpaired) electrons. The van der Waals surface area contributed by atoms with E-state index in [-0.39, 0.29) is 12.0 Å². The summed E-state index contributed by atoms with van der Waals surface area (Å²) in [6, 6.07) is 20.0. The predicted molar refractivity (Wildman–Crippen MR) is 131 cm³/mol. The minimum Gasteiger partial charge on any atom is -0.496 e. The molecule has 1 aliphatic rings. The summed E-state index contributed by atoms with van der Waals surface area (Å²) >= 11 is 12.3. The van der Waals surface area contributed by atoms with Crippen molar-refractivity contribution in [3.8, 4) is 5.75 Å². The van der Waals surface area contributed by atoms with Gasteiger partial charge in [0.05, 0.1) is 28.3 Å². The molecule has 1 aliphatic heterocycles. The Morgan fingerprint density at radius 1 is 1.00 bits per heavy atom. The van der Waals surface area contributed by atoms with Gasteiger partial charge >= 0.3 is 5.97 Å². The van der Waals surface area contributed by atoms with E-state index in [4.69, 9.17) is 32.7 Å². The third kappa shape index (κ3) is 4.39. The van der Waals surface area contributed by atoms with Crippen LogP contribution in [0.3, 0.4) is 0 Å². The molecular formula is C27H24Cl2O4. The van der Waals surface area contributed by atoms with Gasteiger partial charge in [-0.2, -0.15) is 0 Å². The lowest BCUT2D eigenvalue weighted by Crippen LogP contribution is -2.30. The molecule has 3 aromatic rings. The topological polar surface area (TPSA) is 55.8 Å². The molecule has 0 bridgehead atoms. The fourth-order valence-corrected chi connectivity index (χ4v) is 4.36. The molecule has 0 aromatic heterocycles. The molecule has 0 saturated carbocycles. The maximum Gasteiger partial charge on any atom is 0.342 e. The van der Waals surface area contributed by atoms with Gasteiger partial charge in [-0.05, 0) is 46.9 Å². The lowest BCUT2D eigenvalue weighted by Gasteiger charge is -2.27. The molecule has 1 atom stereocenters. The van der Waals surface area contributed by atoms with Gasteiger partial charge in [0.1, 0.15) is 5.75 Å². The second kappa shape index (κ2) is 9.22. The van der Waals surface area contributed by atoms with Crippen molar-refractivity contribution in [1.29, 1.82) is 0 Å². The van der Waals surface area contributed by atoms with Gasteiger partial charge in [-0.1, -0.05) is 79.5 Å². The van der Waals surface area contributed by atoms with Gasteiger partial charge in [0.25, 0.3) is 5.79 Å². The van der Waals surface area contributed by atoms with Gasteiger partial charge in [0.15, 0.2) is 0 Å². The van der Waals surface area contributed by atoms with Crippen LogP contribution in [-0.2, 0) is 21.7 Å². The Bertz CT molecular complexity index is 1230. The van der Waals surface area contributed by atoms with Crippen LogP contribution in [0.4, 0.5) is 0 Å². The van der Waals surface area contributed by atoms with E-state index in [1.54, 1.807) is 42.5 Å². The highest BCUT2D eigenvalue weighted by Crippen LogP contribution is 2.47. The number of para-hydroxylation sites is 1. The molecule has 1 heterocycles. The zero-order valence-electron chi connectivity index (χ0n) is 18.6. The van der Waals surface area contributed by atoms with Crippen molar-refractivity contribution in [3.05, 3.63) is 105 Å². The summed E-state index contributed by atoms with van der Waals surface area (Å²) in [6.45, 7) is 4.26. The minimum atomic E-state index is -2.00. The number of esters is 1. The van der Waals surface area contributed by atoms with Crippen LogP contribution in [0.5, 0.6) is 5.75 Å². The number of cyclic esters (lactones) is 1. The molecule has 1 unspecified atom stereocenters. The molecule has 4 nitrogen and oxygen atoms in total. The van der Waals surface area contributed by atoms with Crippen molar-refractivity contribution in [3.63, 3.8) is 0 Å². The van der Waals surface area contributed by atoms with Gasteiger partial charge < -0.3 is 14.6 Å². The summed E-state index contributed by atoms with van der Waals surface area (Å²) in [5, 5.41) is 12.5. The fraction of sp³-hybridized carbons (Fsp3) is 0.222. The summed E-state index contributed by atoms with van der Waals surface area (Å²) in [7, 11) is 1.51. The summed E-state index contributed by atoms with van der Waals surface area (Å²) in [5.74, 6) is -1.83. The molecule has 33 heavy (non-hydrogen) atoms. The summed E-state index contributed by atoms with van der Waals surface area (Å²) < 4.78 is 11.1. The number of halogens is 2. The van der Waals surface area contributed by atoms with Crippen LogP contribution in [0.2, 0.25) is 10.0 Å². The Morgan fingerprint density at radius 2 is 1.70 bits per heavy atom. The number of methoxy groups -OCH3 is 1. The SMILES string of the molecule is COc1ccccc1C1(O)OC(=O)C(c2ccc(Cl)c(Cl)c2)=C1Cc1ccc(C(C)C)cc1. The Labute approximate surface area is 203 Å². The van der Waals surface area contributed by atoms with Crippen molar-refractivity contribution in [1.82, 2.24) is 0 Å². The second-order valence-electron chi connectivity index (χ2n) is 8.29. The number of aliphatic hydroxyl groups is 1. The molecule has 1 N–H and O–H groups in total. The summed E-state index contributed by atoms with van der Waals surface area (Å²) in [6.07, 6.45) is 0.286. The molecule has 170 valence electrons. The smallest absolute Gasteiger partial charge is 0.342 e. The number of rotatable bonds is 6. The van der Waals surface area contributed by atoms with Crippen LogP contribution in [0, 0.1) is 0 Å². The average Bonchev–Trinajstić information content (AvgIpc) is 3.06. The second-order valence-corrected chi connectivity index (χ2v) is 9.10. The van der Waals surface area contributed by atoms with Crippen molar-refractivity contribution < 1.29 is 19.4 Å². The molecule has 0 spiro atoms. The highest BCUT2D eigenvalue weighted by atomic mass is 35.5. The third-order valence-corrected chi connectivity index (χ3v) is 6.60. The van der Waals surface area contributed by atoms with Crippen molar-refractivity contribution >= 4 is 34.7 Å². The van der Waals surface area contributed by atoms with Gasteiger partial charge in [0.2, 0.25) is 0 Å². The Kier molecular flexibility index (Phi) is 6.53. The van der Waals surface area contributed by atoms with E-state index in [1.807, 2.05) is 12.1 Å². The molecule has 0 aliphatic carbocycles. The van der Waals surface area contributed by atoms with Crippen LogP contribution in [-0.4, -0.2) is 18.2 Å². The normalized spacial score (nSPS) is 18.1. The van der Waals surface area contributed by atoms with E-state index < -0.39 is 11.8 Å². The molecule has 0 saturated heterocycles. The highest BCUT2D eigenvalue weighted by molar-refractivity contribution is 6.42. The number of ether oxygens (including phenoxy) is 2. The molecule has 3 aromatic carbocycles. The standard InChI is InChI=1S/C27H24Cl2O4/c1-16(2)18-10-8-17(9-11-18)14-21-25(19-12-13-22(28)23(29)15-19)26(30)33-27(21,31)20-6-4-5-7-24(20)32-3/h4-13,15-16,31H,14H2,1-3H3. The van der Waals surface area contributed by atoms with Crippen molar-refractivity contribution in [2.45, 2.75) is 32.0 Å². The molecule has 0 fully saturated rings. The Hall–Kier alpha value is -2.79. The van der Waals surface area contributed by atoms with E-state index in [2.05, 4.69) is 26.0 Å². The Balaban J connectivity index is 1.91. The van der Waals surface area contributed by atoms with Gasteiger partial charge in [0, 0.05) is 12.0 Å². The monoisotopic (exact) mass is 482 g/mol. The van der Waals surface area contributed by atoms with E-state index >= 15 is 0 Å². The van der Waals surface area contributed by atoms with Gasteiger partial charge in [-0.3, -0.25) is 0 Å². The van der Waals surface area contributed by atoms with Crippen LogP contribution in [0.15, 0.2) is 72.3 Å². The highest BCUT2D eigenvalue weighted by Gasteiger charge is 2.49. The first-order valence-electron chi connectivity index (χ1n) is 10.6. The fourth-order valence-electron chi connectivity index (χ4n) is 4.06.